The van der Waals surface area contributed by atoms with Crippen molar-refractivity contribution in [2.45, 2.75) is 44.6 Å². The van der Waals surface area contributed by atoms with Gasteiger partial charge in [-0.2, -0.15) is 0 Å². The van der Waals surface area contributed by atoms with E-state index in [1.807, 2.05) is 12.1 Å². The van der Waals surface area contributed by atoms with E-state index in [9.17, 15) is 8.42 Å². The molecule has 0 fully saturated rings. The van der Waals surface area contributed by atoms with Crippen LogP contribution in [0.25, 0.3) is 0 Å². The molecule has 0 aliphatic rings. The SMILES string of the molecule is CCNC(C)C(c1ccc(S(=O)(=O)NC)cc1)C(C)C. The van der Waals surface area contributed by atoms with E-state index in [-0.39, 0.29) is 0 Å². The van der Waals surface area contributed by atoms with Crippen molar-refractivity contribution in [1.29, 1.82) is 0 Å². The summed E-state index contributed by atoms with van der Waals surface area (Å²) in [5.41, 5.74) is 1.17. The lowest BCUT2D eigenvalue weighted by Gasteiger charge is -2.28. The van der Waals surface area contributed by atoms with Gasteiger partial charge in [0.2, 0.25) is 10.0 Å². The molecular formula is C15H26N2O2S. The number of hydrogen-bond acceptors (Lipinski definition) is 3. The highest BCUT2D eigenvalue weighted by atomic mass is 32.2. The fraction of sp³-hybridized carbons (Fsp3) is 0.600. The fourth-order valence-corrected chi connectivity index (χ4v) is 3.42. The molecule has 2 unspecified atom stereocenters. The first-order chi connectivity index (χ1) is 9.33. The fourth-order valence-electron chi connectivity index (χ4n) is 2.69. The quantitative estimate of drug-likeness (QED) is 0.812. The zero-order valence-corrected chi connectivity index (χ0v) is 13.8. The average molecular weight is 298 g/mol. The predicted octanol–water partition coefficient (Wildman–Crippen LogP) is 2.33. The van der Waals surface area contributed by atoms with Crippen LogP contribution in [0.15, 0.2) is 29.2 Å². The molecule has 0 saturated heterocycles. The molecule has 0 saturated carbocycles. The Morgan fingerprint density at radius 1 is 1.10 bits per heavy atom. The Labute approximate surface area is 123 Å². The zero-order valence-electron chi connectivity index (χ0n) is 13.0. The molecule has 0 aromatic heterocycles. The minimum atomic E-state index is -3.36. The summed E-state index contributed by atoms with van der Waals surface area (Å²) in [4.78, 5) is 0.308. The summed E-state index contributed by atoms with van der Waals surface area (Å²) in [5.74, 6) is 0.845. The third-order valence-electron chi connectivity index (χ3n) is 3.63. The summed E-state index contributed by atoms with van der Waals surface area (Å²) >= 11 is 0. The van der Waals surface area contributed by atoms with Crippen molar-refractivity contribution in [2.75, 3.05) is 13.6 Å². The molecule has 0 aliphatic heterocycles. The molecule has 0 spiro atoms. The maximum Gasteiger partial charge on any atom is 0.240 e. The van der Waals surface area contributed by atoms with Gasteiger partial charge < -0.3 is 5.32 Å². The minimum absolute atomic E-state index is 0.308. The Morgan fingerprint density at radius 2 is 1.65 bits per heavy atom. The molecule has 1 rings (SSSR count). The van der Waals surface area contributed by atoms with Crippen LogP contribution in [0.2, 0.25) is 0 Å². The van der Waals surface area contributed by atoms with Gasteiger partial charge in [0, 0.05) is 12.0 Å². The lowest BCUT2D eigenvalue weighted by molar-refractivity contribution is 0.383. The first-order valence-corrected chi connectivity index (χ1v) is 8.58. The lowest BCUT2D eigenvalue weighted by Crippen LogP contribution is -2.34. The molecule has 0 bridgehead atoms. The Hall–Kier alpha value is -0.910. The molecule has 20 heavy (non-hydrogen) atoms. The van der Waals surface area contributed by atoms with Crippen molar-refractivity contribution in [3.8, 4) is 0 Å². The van der Waals surface area contributed by atoms with Crippen molar-refractivity contribution in [2.24, 2.45) is 5.92 Å². The molecule has 114 valence electrons. The van der Waals surface area contributed by atoms with Gasteiger partial charge in [0.25, 0.3) is 0 Å². The number of nitrogens with one attached hydrogen (secondary N) is 2. The molecule has 1 aromatic carbocycles. The molecular weight excluding hydrogens is 272 g/mol. The van der Waals surface area contributed by atoms with E-state index >= 15 is 0 Å². The Morgan fingerprint density at radius 3 is 2.05 bits per heavy atom. The van der Waals surface area contributed by atoms with E-state index in [2.05, 4.69) is 37.7 Å². The monoisotopic (exact) mass is 298 g/mol. The van der Waals surface area contributed by atoms with Gasteiger partial charge >= 0.3 is 0 Å². The van der Waals surface area contributed by atoms with Gasteiger partial charge in [-0.05, 0) is 44.1 Å². The van der Waals surface area contributed by atoms with Crippen LogP contribution in [-0.2, 0) is 10.0 Å². The molecule has 4 nitrogen and oxygen atoms in total. The summed E-state index contributed by atoms with van der Waals surface area (Å²) in [6.07, 6.45) is 0. The summed E-state index contributed by atoms with van der Waals surface area (Å²) in [6, 6.07) is 7.54. The standard InChI is InChI=1S/C15H26N2O2S/c1-6-17-12(4)15(11(2)3)13-7-9-14(10-8-13)20(18,19)16-5/h7-12,15-17H,6H2,1-5H3. The van der Waals surface area contributed by atoms with Crippen LogP contribution in [0, 0.1) is 5.92 Å². The van der Waals surface area contributed by atoms with Gasteiger partial charge in [-0.3, -0.25) is 0 Å². The molecule has 2 N–H and O–H groups in total. The maximum atomic E-state index is 11.7. The van der Waals surface area contributed by atoms with Gasteiger partial charge in [-0.15, -0.1) is 0 Å². The molecule has 0 heterocycles. The van der Waals surface area contributed by atoms with Crippen molar-refractivity contribution in [1.82, 2.24) is 10.0 Å². The van der Waals surface area contributed by atoms with E-state index in [1.54, 1.807) is 12.1 Å². The predicted molar refractivity (Wildman–Crippen MR) is 83.4 cm³/mol. The third-order valence-corrected chi connectivity index (χ3v) is 5.06. The van der Waals surface area contributed by atoms with Crippen LogP contribution >= 0.6 is 0 Å². The molecule has 2 atom stereocenters. The summed E-state index contributed by atoms with van der Waals surface area (Å²) < 4.78 is 25.8. The van der Waals surface area contributed by atoms with Gasteiger partial charge in [0.15, 0.2) is 0 Å². The molecule has 0 aliphatic carbocycles. The van der Waals surface area contributed by atoms with Crippen molar-refractivity contribution in [3.63, 3.8) is 0 Å². The van der Waals surface area contributed by atoms with Crippen LogP contribution in [0.1, 0.15) is 39.2 Å². The topological polar surface area (TPSA) is 58.2 Å². The van der Waals surface area contributed by atoms with Crippen LogP contribution in [0.3, 0.4) is 0 Å². The maximum absolute atomic E-state index is 11.7. The van der Waals surface area contributed by atoms with Crippen LogP contribution in [0.5, 0.6) is 0 Å². The van der Waals surface area contributed by atoms with E-state index < -0.39 is 10.0 Å². The van der Waals surface area contributed by atoms with Crippen molar-refractivity contribution in [3.05, 3.63) is 29.8 Å². The average Bonchev–Trinajstić information content (AvgIpc) is 2.39. The number of sulfonamides is 1. The third kappa shape index (κ3) is 4.04. The van der Waals surface area contributed by atoms with Gasteiger partial charge in [0.1, 0.15) is 0 Å². The van der Waals surface area contributed by atoms with Crippen molar-refractivity contribution < 1.29 is 8.42 Å². The van der Waals surface area contributed by atoms with Crippen molar-refractivity contribution >= 4 is 10.0 Å². The van der Waals surface area contributed by atoms with Crippen LogP contribution < -0.4 is 10.0 Å². The second-order valence-electron chi connectivity index (χ2n) is 5.39. The number of likely N-dealkylation sites (N-methyl/N-ethyl adjacent to an activating group) is 1. The largest absolute Gasteiger partial charge is 0.314 e. The van der Waals surface area contributed by atoms with Crippen LogP contribution in [0.4, 0.5) is 0 Å². The summed E-state index contributed by atoms with van der Waals surface area (Å²) in [6.45, 7) is 9.58. The molecule has 5 heteroatoms. The lowest BCUT2D eigenvalue weighted by atomic mass is 9.83. The summed E-state index contributed by atoms with van der Waals surface area (Å²) in [7, 11) is -1.93. The molecule has 1 aromatic rings. The van der Waals surface area contributed by atoms with E-state index in [1.165, 1.54) is 12.6 Å². The normalized spacial score (nSPS) is 15.3. The first-order valence-electron chi connectivity index (χ1n) is 7.10. The second kappa shape index (κ2) is 7.20. The van der Waals surface area contributed by atoms with Gasteiger partial charge in [-0.25, -0.2) is 13.1 Å². The second-order valence-corrected chi connectivity index (χ2v) is 7.28. The highest BCUT2D eigenvalue weighted by Gasteiger charge is 2.22. The summed E-state index contributed by atoms with van der Waals surface area (Å²) in [5, 5.41) is 3.45. The van der Waals surface area contributed by atoms with E-state index in [0.717, 1.165) is 6.54 Å². The highest BCUT2D eigenvalue weighted by Crippen LogP contribution is 2.28. The Bertz CT molecular complexity index is 509. The highest BCUT2D eigenvalue weighted by molar-refractivity contribution is 7.89. The van der Waals surface area contributed by atoms with Gasteiger partial charge in [0.05, 0.1) is 4.90 Å². The van der Waals surface area contributed by atoms with Crippen LogP contribution in [-0.4, -0.2) is 28.1 Å². The number of rotatable bonds is 7. The Balaban J connectivity index is 3.06. The minimum Gasteiger partial charge on any atom is -0.314 e. The van der Waals surface area contributed by atoms with Gasteiger partial charge in [-0.1, -0.05) is 32.9 Å². The number of benzene rings is 1. The van der Waals surface area contributed by atoms with E-state index in [0.29, 0.717) is 22.8 Å². The zero-order chi connectivity index (χ0) is 15.3. The first kappa shape index (κ1) is 17.1. The Kier molecular flexibility index (Phi) is 6.17. The smallest absolute Gasteiger partial charge is 0.240 e. The molecule has 0 radical (unpaired) electrons. The number of hydrogen-bond donors (Lipinski definition) is 2. The van der Waals surface area contributed by atoms with E-state index in [4.69, 9.17) is 0 Å². The molecule has 0 amide bonds.